The van der Waals surface area contributed by atoms with Crippen molar-refractivity contribution in [3.8, 4) is 33.4 Å². The molecule has 5 aliphatic rings. The quantitative estimate of drug-likeness (QED) is 0.184. The van der Waals surface area contributed by atoms with Crippen LogP contribution >= 0.6 is 11.3 Å². The zero-order valence-electron chi connectivity index (χ0n) is 26.7. The van der Waals surface area contributed by atoms with Gasteiger partial charge in [0.25, 0.3) is 0 Å². The van der Waals surface area contributed by atoms with Gasteiger partial charge in [0.15, 0.2) is 0 Å². The number of furan rings is 1. The van der Waals surface area contributed by atoms with Gasteiger partial charge in [0.05, 0.1) is 0 Å². The van der Waals surface area contributed by atoms with Crippen LogP contribution in [0.4, 0.5) is 0 Å². The molecule has 0 amide bonds. The smallest absolute Gasteiger partial charge is 0.135 e. The standard InChI is InChI=1S/C46H34OS/c1-4-12-39-34(10-1)45-33(11-7-13-40(45)46(39)29-19-26-18-27(21-29)22-30(46)20-26)36-24-38-32-9-3-6-15-43(32)48-44(38)25-35(36)28-16-17-42-37(23-28)31-8-2-5-14-41(31)47-42/h1-17,23-27,29-30H,18-22H2. The van der Waals surface area contributed by atoms with E-state index >= 15 is 0 Å². The van der Waals surface area contributed by atoms with E-state index in [9.17, 15) is 0 Å². The SMILES string of the molecule is c1ccc2c(c1)-c1c(-c3cc4c(cc3-c3ccc5oc6ccccc6c5c3)sc3ccccc34)cccc1C21C2CC3CC(C2)CC1C3. The third-order valence-electron chi connectivity index (χ3n) is 13.1. The average Bonchev–Trinajstić information content (AvgIpc) is 3.77. The maximum atomic E-state index is 6.28. The molecule has 2 heterocycles. The van der Waals surface area contributed by atoms with Crippen molar-refractivity contribution in [1.82, 2.24) is 0 Å². The number of fused-ring (bicyclic) bond motifs is 9. The number of hydrogen-bond donors (Lipinski definition) is 0. The van der Waals surface area contributed by atoms with E-state index in [1.54, 1.807) is 11.1 Å². The molecule has 2 aromatic heterocycles. The highest BCUT2D eigenvalue weighted by molar-refractivity contribution is 7.25. The molecule has 0 saturated heterocycles. The molecule has 4 saturated carbocycles. The van der Waals surface area contributed by atoms with Crippen molar-refractivity contribution in [3.05, 3.63) is 132 Å². The van der Waals surface area contributed by atoms with Crippen LogP contribution in [0.2, 0.25) is 0 Å². The third kappa shape index (κ3) is 3.27. The lowest BCUT2D eigenvalue weighted by atomic mass is 9.43. The van der Waals surface area contributed by atoms with Crippen molar-refractivity contribution in [1.29, 1.82) is 0 Å². The Labute approximate surface area is 283 Å². The third-order valence-corrected chi connectivity index (χ3v) is 14.2. The van der Waals surface area contributed by atoms with Gasteiger partial charge in [0.1, 0.15) is 11.2 Å². The summed E-state index contributed by atoms with van der Waals surface area (Å²) in [6, 6.07) is 46.1. The molecule has 0 aliphatic heterocycles. The predicted molar refractivity (Wildman–Crippen MR) is 201 cm³/mol. The average molecular weight is 635 g/mol. The van der Waals surface area contributed by atoms with Crippen molar-refractivity contribution in [3.63, 3.8) is 0 Å². The van der Waals surface area contributed by atoms with Gasteiger partial charge in [-0.05, 0) is 137 Å². The van der Waals surface area contributed by atoms with Crippen molar-refractivity contribution in [2.75, 3.05) is 0 Å². The van der Waals surface area contributed by atoms with E-state index in [1.165, 1.54) is 96.4 Å². The second-order valence-electron chi connectivity index (χ2n) is 15.2. The van der Waals surface area contributed by atoms with Gasteiger partial charge in [-0.1, -0.05) is 84.9 Å². The minimum atomic E-state index is 0.156. The van der Waals surface area contributed by atoms with Gasteiger partial charge in [-0.3, -0.25) is 0 Å². The van der Waals surface area contributed by atoms with Crippen molar-refractivity contribution < 1.29 is 4.42 Å². The van der Waals surface area contributed by atoms with Crippen molar-refractivity contribution in [2.45, 2.75) is 37.5 Å². The highest BCUT2D eigenvalue weighted by atomic mass is 32.1. The number of thiophene rings is 1. The highest BCUT2D eigenvalue weighted by Gasteiger charge is 2.61. The summed E-state index contributed by atoms with van der Waals surface area (Å²) < 4.78 is 8.98. The molecule has 13 rings (SSSR count). The molecule has 48 heavy (non-hydrogen) atoms. The van der Waals surface area contributed by atoms with Gasteiger partial charge in [0, 0.05) is 36.4 Å². The summed E-state index contributed by atoms with van der Waals surface area (Å²) in [5, 5.41) is 5.07. The van der Waals surface area contributed by atoms with E-state index in [1.807, 2.05) is 11.3 Å². The number of rotatable bonds is 2. The maximum Gasteiger partial charge on any atom is 0.135 e. The molecule has 2 heteroatoms. The largest absolute Gasteiger partial charge is 0.456 e. The van der Waals surface area contributed by atoms with E-state index in [0.29, 0.717) is 0 Å². The molecular formula is C46H34OS. The zero-order chi connectivity index (χ0) is 31.1. The van der Waals surface area contributed by atoms with Gasteiger partial charge in [-0.15, -0.1) is 11.3 Å². The van der Waals surface area contributed by atoms with Gasteiger partial charge in [0.2, 0.25) is 0 Å². The number of para-hydroxylation sites is 1. The Morgan fingerprint density at radius 3 is 2.06 bits per heavy atom. The molecule has 5 aliphatic carbocycles. The molecule has 1 nitrogen and oxygen atoms in total. The normalized spacial score (nSPS) is 25.2. The van der Waals surface area contributed by atoms with Crippen LogP contribution < -0.4 is 0 Å². The van der Waals surface area contributed by atoms with Crippen LogP contribution in [0.25, 0.3) is 75.5 Å². The Hall–Kier alpha value is -4.66. The predicted octanol–water partition coefficient (Wildman–Crippen LogP) is 13.0. The molecule has 8 aromatic rings. The Morgan fingerprint density at radius 1 is 0.479 bits per heavy atom. The lowest BCUT2D eigenvalue weighted by Crippen LogP contribution is -2.55. The van der Waals surface area contributed by atoms with Crippen LogP contribution in [0.15, 0.2) is 126 Å². The number of hydrogen-bond acceptors (Lipinski definition) is 2. The van der Waals surface area contributed by atoms with Crippen molar-refractivity contribution >= 4 is 53.4 Å². The lowest BCUT2D eigenvalue weighted by molar-refractivity contribution is -0.0399. The van der Waals surface area contributed by atoms with Crippen LogP contribution in [0.3, 0.4) is 0 Å². The van der Waals surface area contributed by atoms with Gasteiger partial charge in [-0.25, -0.2) is 0 Å². The number of benzene rings is 6. The first-order valence-electron chi connectivity index (χ1n) is 17.8. The van der Waals surface area contributed by atoms with E-state index in [4.69, 9.17) is 4.42 Å². The fourth-order valence-electron chi connectivity index (χ4n) is 11.6. The minimum absolute atomic E-state index is 0.156. The van der Waals surface area contributed by atoms with Crippen LogP contribution in [-0.2, 0) is 5.41 Å². The maximum absolute atomic E-state index is 6.28. The molecule has 4 fully saturated rings. The summed E-state index contributed by atoms with van der Waals surface area (Å²) in [5.74, 6) is 3.39. The topological polar surface area (TPSA) is 13.1 Å². The monoisotopic (exact) mass is 634 g/mol. The van der Waals surface area contributed by atoms with Gasteiger partial charge in [-0.2, -0.15) is 0 Å². The van der Waals surface area contributed by atoms with Gasteiger partial charge < -0.3 is 4.42 Å². The molecule has 6 aromatic carbocycles. The second kappa shape index (κ2) is 9.27. The fourth-order valence-corrected chi connectivity index (χ4v) is 12.7. The summed E-state index contributed by atoms with van der Waals surface area (Å²) in [4.78, 5) is 0. The Kier molecular flexibility index (Phi) is 5.08. The molecule has 0 unspecified atom stereocenters. The zero-order valence-corrected chi connectivity index (χ0v) is 27.5. The molecule has 0 atom stereocenters. The van der Waals surface area contributed by atoms with Crippen LogP contribution in [0.5, 0.6) is 0 Å². The first kappa shape index (κ1) is 26.3. The highest BCUT2D eigenvalue weighted by Crippen LogP contribution is 2.70. The molecular weight excluding hydrogens is 601 g/mol. The minimum Gasteiger partial charge on any atom is -0.456 e. The van der Waals surface area contributed by atoms with E-state index in [2.05, 4.69) is 121 Å². The Balaban J connectivity index is 1.17. The first-order valence-corrected chi connectivity index (χ1v) is 18.7. The van der Waals surface area contributed by atoms with Crippen molar-refractivity contribution in [2.24, 2.45) is 23.7 Å². The van der Waals surface area contributed by atoms with Crippen LogP contribution in [0.1, 0.15) is 43.2 Å². The Bertz CT molecular complexity index is 2620. The summed E-state index contributed by atoms with van der Waals surface area (Å²) in [6.07, 6.45) is 7.10. The molecule has 230 valence electrons. The summed E-state index contributed by atoms with van der Waals surface area (Å²) in [6.45, 7) is 0. The van der Waals surface area contributed by atoms with E-state index < -0.39 is 0 Å². The molecule has 0 N–H and O–H groups in total. The second-order valence-corrected chi connectivity index (χ2v) is 16.3. The summed E-state index contributed by atoms with van der Waals surface area (Å²) >= 11 is 1.91. The van der Waals surface area contributed by atoms with Crippen LogP contribution in [-0.4, -0.2) is 0 Å². The van der Waals surface area contributed by atoms with Gasteiger partial charge >= 0.3 is 0 Å². The summed E-state index contributed by atoms with van der Waals surface area (Å²) in [7, 11) is 0. The van der Waals surface area contributed by atoms with E-state index in [-0.39, 0.29) is 5.41 Å². The molecule has 1 spiro atoms. The Morgan fingerprint density at radius 2 is 1.19 bits per heavy atom. The molecule has 4 bridgehead atoms. The molecule has 0 radical (unpaired) electrons. The lowest BCUT2D eigenvalue weighted by Gasteiger charge is -2.61. The fraction of sp³-hybridized carbons (Fsp3) is 0.217. The van der Waals surface area contributed by atoms with Crippen LogP contribution in [0, 0.1) is 23.7 Å². The van der Waals surface area contributed by atoms with E-state index in [0.717, 1.165) is 34.8 Å². The summed E-state index contributed by atoms with van der Waals surface area (Å²) in [5.41, 5.74) is 13.5. The first-order chi connectivity index (χ1) is 23.7.